The molecule has 2 aromatic rings. The Labute approximate surface area is 155 Å². The second-order valence-electron chi connectivity index (χ2n) is 9.50. The number of nitrogens with one attached hydrogen (secondary N) is 1. The maximum absolute atomic E-state index is 13.3. The van der Waals surface area contributed by atoms with Gasteiger partial charge in [-0.3, -0.25) is 10.1 Å². The summed E-state index contributed by atoms with van der Waals surface area (Å²) in [4.78, 5) is 17.7. The van der Waals surface area contributed by atoms with Crippen molar-refractivity contribution in [3.8, 4) is 0 Å². The maximum Gasteiger partial charge on any atom is 0.302 e. The molecule has 6 rings (SSSR count). The largest absolute Gasteiger partial charge is 0.423 e. The molecule has 0 spiro atoms. The average molecular weight is 403 g/mol. The van der Waals surface area contributed by atoms with Crippen molar-refractivity contribution in [2.75, 3.05) is 5.32 Å². The fourth-order valence-electron chi connectivity index (χ4n) is 6.88. The van der Waals surface area contributed by atoms with Gasteiger partial charge < -0.3 is 4.42 Å². The van der Waals surface area contributed by atoms with Crippen LogP contribution in [-0.4, -0.2) is 10.9 Å². The molecule has 0 aliphatic heterocycles. The van der Waals surface area contributed by atoms with Crippen LogP contribution in [-0.2, 0) is 4.79 Å². The van der Waals surface area contributed by atoms with Crippen LogP contribution in [0.25, 0.3) is 11.1 Å². The summed E-state index contributed by atoms with van der Waals surface area (Å²) in [6.07, 6.45) is 6.87. The Balaban J connectivity index is 1.45. The number of hydrogen-bond acceptors (Lipinski definition) is 3. The highest BCUT2D eigenvalue weighted by molar-refractivity contribution is 9.10. The van der Waals surface area contributed by atoms with E-state index in [2.05, 4.69) is 40.1 Å². The van der Waals surface area contributed by atoms with E-state index >= 15 is 0 Å². The molecule has 2 atom stereocenters. The zero-order valence-electron chi connectivity index (χ0n) is 14.7. The predicted molar refractivity (Wildman–Crippen MR) is 100 cm³/mol. The highest BCUT2D eigenvalue weighted by Gasteiger charge is 2.62. The molecule has 5 heteroatoms. The van der Waals surface area contributed by atoms with Crippen LogP contribution < -0.4 is 5.32 Å². The topological polar surface area (TPSA) is 55.1 Å². The van der Waals surface area contributed by atoms with Gasteiger partial charge in [0.25, 0.3) is 0 Å². The SMILES string of the molecule is CC12CC3CC(C)(C1)CC(C(=O)Nc1nc4ccc(Br)cc4o1)(C3)C2. The Kier molecular flexibility index (Phi) is 3.09. The first kappa shape index (κ1) is 15.9. The predicted octanol–water partition coefficient (Wildman–Crippen LogP) is 5.53. The number of fused-ring (bicyclic) bond motifs is 1. The number of anilines is 1. The lowest BCUT2D eigenvalue weighted by atomic mass is 9.40. The van der Waals surface area contributed by atoms with E-state index in [-0.39, 0.29) is 11.3 Å². The van der Waals surface area contributed by atoms with E-state index in [1.165, 1.54) is 19.3 Å². The number of carbonyl (C=O) groups is 1. The third-order valence-corrected chi connectivity index (χ3v) is 7.17. The van der Waals surface area contributed by atoms with Crippen molar-refractivity contribution in [2.24, 2.45) is 22.2 Å². The number of amides is 1. The lowest BCUT2D eigenvalue weighted by Crippen LogP contribution is -2.58. The average Bonchev–Trinajstić information content (AvgIpc) is 2.84. The van der Waals surface area contributed by atoms with E-state index in [4.69, 9.17) is 4.42 Å². The van der Waals surface area contributed by atoms with Crippen molar-refractivity contribution in [2.45, 2.75) is 52.4 Å². The summed E-state index contributed by atoms with van der Waals surface area (Å²) in [5, 5.41) is 3.01. The van der Waals surface area contributed by atoms with Crippen LogP contribution in [0, 0.1) is 22.2 Å². The number of carbonyl (C=O) groups excluding carboxylic acids is 1. The van der Waals surface area contributed by atoms with Crippen molar-refractivity contribution in [1.82, 2.24) is 4.98 Å². The quantitative estimate of drug-likeness (QED) is 0.718. The van der Waals surface area contributed by atoms with Crippen LogP contribution in [0.2, 0.25) is 0 Å². The van der Waals surface area contributed by atoms with Gasteiger partial charge in [0.2, 0.25) is 5.91 Å². The minimum Gasteiger partial charge on any atom is -0.423 e. The maximum atomic E-state index is 13.3. The Hall–Kier alpha value is -1.36. The molecular weight excluding hydrogens is 380 g/mol. The zero-order valence-corrected chi connectivity index (χ0v) is 16.3. The Morgan fingerprint density at radius 1 is 1.20 bits per heavy atom. The molecule has 4 aliphatic carbocycles. The standard InChI is InChI=1S/C20H23BrN2O2/c1-18-6-12-7-19(2,9-18)11-20(8-12,10-18)16(24)23-17-22-14-4-3-13(21)5-15(14)25-17/h3-5,12H,6-11H2,1-2H3,(H,22,23,24). The van der Waals surface area contributed by atoms with Gasteiger partial charge in [-0.25, -0.2) is 0 Å². The highest BCUT2D eigenvalue weighted by Crippen LogP contribution is 2.69. The fourth-order valence-corrected chi connectivity index (χ4v) is 7.22. The van der Waals surface area contributed by atoms with Gasteiger partial charge in [-0.15, -0.1) is 0 Å². The van der Waals surface area contributed by atoms with Crippen LogP contribution in [0.3, 0.4) is 0 Å². The first-order chi connectivity index (χ1) is 11.8. The van der Waals surface area contributed by atoms with E-state index in [1.807, 2.05) is 18.2 Å². The number of benzene rings is 1. The molecule has 1 heterocycles. The zero-order chi connectivity index (χ0) is 17.4. The molecule has 132 valence electrons. The van der Waals surface area contributed by atoms with E-state index in [0.29, 0.717) is 28.3 Å². The van der Waals surface area contributed by atoms with Crippen molar-refractivity contribution < 1.29 is 9.21 Å². The molecule has 25 heavy (non-hydrogen) atoms. The molecule has 1 aromatic carbocycles. The Morgan fingerprint density at radius 3 is 2.60 bits per heavy atom. The summed E-state index contributed by atoms with van der Waals surface area (Å²) in [6, 6.07) is 6.03. The van der Waals surface area contributed by atoms with Crippen LogP contribution in [0.4, 0.5) is 6.01 Å². The minimum absolute atomic E-state index is 0.111. The van der Waals surface area contributed by atoms with Crippen molar-refractivity contribution in [3.05, 3.63) is 22.7 Å². The Morgan fingerprint density at radius 2 is 1.92 bits per heavy atom. The molecule has 4 bridgehead atoms. The molecule has 4 saturated carbocycles. The number of halogens is 1. The van der Waals surface area contributed by atoms with E-state index < -0.39 is 0 Å². The first-order valence-electron chi connectivity index (χ1n) is 9.14. The minimum atomic E-state index is -0.246. The first-order valence-corrected chi connectivity index (χ1v) is 9.94. The van der Waals surface area contributed by atoms with Gasteiger partial charge in [0.1, 0.15) is 5.52 Å². The number of nitrogens with zero attached hydrogens (tertiary/aromatic N) is 1. The third-order valence-electron chi connectivity index (χ3n) is 6.68. The Bertz CT molecular complexity index is 871. The van der Waals surface area contributed by atoms with Crippen LogP contribution in [0.5, 0.6) is 0 Å². The van der Waals surface area contributed by atoms with Gasteiger partial charge in [0.15, 0.2) is 5.58 Å². The van der Waals surface area contributed by atoms with Gasteiger partial charge in [-0.2, -0.15) is 4.98 Å². The van der Waals surface area contributed by atoms with Crippen LogP contribution in [0.15, 0.2) is 27.1 Å². The lowest BCUT2D eigenvalue weighted by Gasteiger charge is -2.64. The van der Waals surface area contributed by atoms with Crippen molar-refractivity contribution in [3.63, 3.8) is 0 Å². The molecular formula is C20H23BrN2O2. The second kappa shape index (κ2) is 4.87. The van der Waals surface area contributed by atoms with Gasteiger partial charge in [0, 0.05) is 4.47 Å². The molecule has 1 N–H and O–H groups in total. The fraction of sp³-hybridized carbons (Fsp3) is 0.600. The number of oxazole rings is 1. The van der Waals surface area contributed by atoms with E-state index in [9.17, 15) is 4.79 Å². The normalized spacial score (nSPS) is 39.1. The van der Waals surface area contributed by atoms with Crippen molar-refractivity contribution >= 4 is 39.0 Å². The third kappa shape index (κ3) is 2.46. The molecule has 2 unspecified atom stereocenters. The van der Waals surface area contributed by atoms with Crippen LogP contribution in [0.1, 0.15) is 52.4 Å². The summed E-state index contributed by atoms with van der Waals surface area (Å²) in [7, 11) is 0. The van der Waals surface area contributed by atoms with Crippen LogP contribution >= 0.6 is 15.9 Å². The van der Waals surface area contributed by atoms with Gasteiger partial charge >= 0.3 is 6.01 Å². The van der Waals surface area contributed by atoms with Gasteiger partial charge in [-0.05, 0) is 73.5 Å². The molecule has 4 nitrogen and oxygen atoms in total. The molecule has 1 amide bonds. The summed E-state index contributed by atoms with van der Waals surface area (Å²) < 4.78 is 6.70. The van der Waals surface area contributed by atoms with Crippen molar-refractivity contribution in [1.29, 1.82) is 0 Å². The van der Waals surface area contributed by atoms with E-state index in [1.54, 1.807) is 0 Å². The number of rotatable bonds is 2. The number of hydrogen-bond donors (Lipinski definition) is 1. The molecule has 0 saturated heterocycles. The van der Waals surface area contributed by atoms with Gasteiger partial charge in [-0.1, -0.05) is 29.8 Å². The molecule has 0 radical (unpaired) electrons. The second-order valence-corrected chi connectivity index (χ2v) is 10.4. The monoisotopic (exact) mass is 402 g/mol. The summed E-state index contributed by atoms with van der Waals surface area (Å²) >= 11 is 3.44. The smallest absolute Gasteiger partial charge is 0.302 e. The molecule has 4 fully saturated rings. The summed E-state index contributed by atoms with van der Waals surface area (Å²) in [5.41, 5.74) is 1.84. The summed E-state index contributed by atoms with van der Waals surface area (Å²) in [5.74, 6) is 0.802. The lowest BCUT2D eigenvalue weighted by molar-refractivity contribution is -0.165. The molecule has 1 aromatic heterocycles. The van der Waals surface area contributed by atoms with Gasteiger partial charge in [0.05, 0.1) is 5.41 Å². The number of aromatic nitrogens is 1. The van der Waals surface area contributed by atoms with E-state index in [0.717, 1.165) is 29.3 Å². The summed E-state index contributed by atoms with van der Waals surface area (Å²) in [6.45, 7) is 4.77. The highest BCUT2D eigenvalue weighted by atomic mass is 79.9. The molecule has 4 aliphatic rings.